The van der Waals surface area contributed by atoms with E-state index < -0.39 is 0 Å². The molecule has 2 nitrogen and oxygen atoms in total. The standard InChI is InChI=1S/C9H9N.C8H7N.2C2H6/c1-7-3-4-9(6-10)8(2)5-7;1-7-3-2-4-8(5-7)6-9;2*1-2/h3-5H,1-2H3;2-5H,1H3;2*1-2H3. The van der Waals surface area contributed by atoms with Crippen LogP contribution in [0.15, 0.2) is 42.5 Å². The average molecular weight is 308 g/mol. The van der Waals surface area contributed by atoms with Gasteiger partial charge in [-0.1, -0.05) is 57.5 Å². The summed E-state index contributed by atoms with van der Waals surface area (Å²) in [7, 11) is 0. The first-order chi connectivity index (χ1) is 11.1. The highest BCUT2D eigenvalue weighted by atomic mass is 14.2. The molecule has 2 heteroatoms. The summed E-state index contributed by atoms with van der Waals surface area (Å²) in [6, 6.07) is 17.5. The van der Waals surface area contributed by atoms with Crippen molar-refractivity contribution in [3.8, 4) is 12.1 Å². The molecule has 23 heavy (non-hydrogen) atoms. The van der Waals surface area contributed by atoms with Gasteiger partial charge in [0.1, 0.15) is 0 Å². The molecule has 0 amide bonds. The van der Waals surface area contributed by atoms with Crippen molar-refractivity contribution in [2.24, 2.45) is 0 Å². The molecule has 0 unspecified atom stereocenters. The molecule has 0 heterocycles. The molecule has 0 saturated heterocycles. The lowest BCUT2D eigenvalue weighted by Gasteiger charge is -1.96. The molecule has 0 N–H and O–H groups in total. The highest BCUT2D eigenvalue weighted by molar-refractivity contribution is 5.38. The quantitative estimate of drug-likeness (QED) is 0.591. The lowest BCUT2D eigenvalue weighted by atomic mass is 10.1. The SMILES string of the molecule is CC.CC.Cc1ccc(C#N)c(C)c1.Cc1cccc(C#N)c1. The Hall–Kier alpha value is -2.58. The fourth-order valence-electron chi connectivity index (χ4n) is 1.65. The van der Waals surface area contributed by atoms with Gasteiger partial charge in [0.2, 0.25) is 0 Å². The zero-order chi connectivity index (χ0) is 18.3. The molecule has 0 atom stereocenters. The van der Waals surface area contributed by atoms with E-state index in [-0.39, 0.29) is 0 Å². The Morgan fingerprint density at radius 2 is 1.26 bits per heavy atom. The summed E-state index contributed by atoms with van der Waals surface area (Å²) in [5, 5.41) is 17.0. The number of nitriles is 2. The van der Waals surface area contributed by atoms with Crippen LogP contribution in [0.5, 0.6) is 0 Å². The summed E-state index contributed by atoms with van der Waals surface area (Å²) in [6.45, 7) is 13.9. The van der Waals surface area contributed by atoms with E-state index in [0.717, 1.165) is 22.3 Å². The molecule has 0 radical (unpaired) electrons. The first-order valence-corrected chi connectivity index (χ1v) is 8.01. The van der Waals surface area contributed by atoms with E-state index in [0.29, 0.717) is 0 Å². The normalized spacial score (nSPS) is 7.70. The van der Waals surface area contributed by atoms with Gasteiger partial charge in [-0.15, -0.1) is 0 Å². The lowest BCUT2D eigenvalue weighted by molar-refractivity contribution is 1.34. The van der Waals surface area contributed by atoms with Crippen LogP contribution < -0.4 is 0 Å². The number of benzene rings is 2. The Morgan fingerprint density at radius 3 is 1.65 bits per heavy atom. The number of hydrogen-bond donors (Lipinski definition) is 0. The molecule has 0 spiro atoms. The minimum atomic E-state index is 0.731. The monoisotopic (exact) mass is 308 g/mol. The summed E-state index contributed by atoms with van der Waals surface area (Å²) in [5.41, 5.74) is 4.90. The zero-order valence-electron chi connectivity index (χ0n) is 15.4. The van der Waals surface area contributed by atoms with Crippen molar-refractivity contribution in [3.05, 3.63) is 70.3 Å². The maximum Gasteiger partial charge on any atom is 0.0994 e. The molecule has 0 aliphatic carbocycles. The van der Waals surface area contributed by atoms with Gasteiger partial charge in [-0.05, 0) is 50.1 Å². The van der Waals surface area contributed by atoms with Gasteiger partial charge in [-0.3, -0.25) is 0 Å². The number of rotatable bonds is 0. The molecule has 0 fully saturated rings. The summed E-state index contributed by atoms with van der Waals surface area (Å²) in [4.78, 5) is 0. The fourth-order valence-corrected chi connectivity index (χ4v) is 1.65. The number of hydrogen-bond acceptors (Lipinski definition) is 2. The topological polar surface area (TPSA) is 47.6 Å². The van der Waals surface area contributed by atoms with E-state index in [1.54, 1.807) is 6.07 Å². The largest absolute Gasteiger partial charge is 0.192 e. The van der Waals surface area contributed by atoms with Crippen LogP contribution >= 0.6 is 0 Å². The van der Waals surface area contributed by atoms with Gasteiger partial charge in [-0.2, -0.15) is 10.5 Å². The van der Waals surface area contributed by atoms with Crippen LogP contribution in [0.3, 0.4) is 0 Å². The van der Waals surface area contributed by atoms with Gasteiger partial charge in [0, 0.05) is 0 Å². The Morgan fingerprint density at radius 1 is 0.696 bits per heavy atom. The maximum atomic E-state index is 8.56. The molecule has 0 bridgehead atoms. The summed E-state index contributed by atoms with van der Waals surface area (Å²) >= 11 is 0. The highest BCUT2D eigenvalue weighted by Gasteiger charge is 1.93. The molecular weight excluding hydrogens is 280 g/mol. The van der Waals surface area contributed by atoms with E-state index in [1.165, 1.54) is 5.56 Å². The molecule has 2 aromatic rings. The molecule has 2 rings (SSSR count). The summed E-state index contributed by atoms with van der Waals surface area (Å²) < 4.78 is 0. The van der Waals surface area contributed by atoms with E-state index in [2.05, 4.69) is 12.1 Å². The minimum Gasteiger partial charge on any atom is -0.192 e. The maximum absolute atomic E-state index is 8.56. The lowest BCUT2D eigenvalue weighted by Crippen LogP contribution is -1.81. The third-order valence-electron chi connectivity index (χ3n) is 2.65. The number of aryl methyl sites for hydroxylation is 3. The second-order valence-electron chi connectivity index (χ2n) is 4.41. The van der Waals surface area contributed by atoms with Gasteiger partial charge >= 0.3 is 0 Å². The van der Waals surface area contributed by atoms with E-state index >= 15 is 0 Å². The van der Waals surface area contributed by atoms with Gasteiger partial charge < -0.3 is 0 Å². The van der Waals surface area contributed by atoms with Crippen LogP contribution in [0, 0.1) is 43.4 Å². The third kappa shape index (κ3) is 9.88. The second-order valence-corrected chi connectivity index (χ2v) is 4.41. The van der Waals surface area contributed by atoms with Crippen molar-refractivity contribution in [1.82, 2.24) is 0 Å². The van der Waals surface area contributed by atoms with Crippen molar-refractivity contribution in [3.63, 3.8) is 0 Å². The van der Waals surface area contributed by atoms with Gasteiger partial charge in [0.25, 0.3) is 0 Å². The third-order valence-corrected chi connectivity index (χ3v) is 2.65. The van der Waals surface area contributed by atoms with Crippen molar-refractivity contribution in [1.29, 1.82) is 10.5 Å². The predicted molar refractivity (Wildman–Crippen MR) is 99.2 cm³/mol. The van der Waals surface area contributed by atoms with E-state index in [9.17, 15) is 0 Å². The van der Waals surface area contributed by atoms with Crippen molar-refractivity contribution in [2.75, 3.05) is 0 Å². The predicted octanol–water partition coefficient (Wildman–Crippen LogP) is 6.09. The first kappa shape index (κ1) is 22.7. The molecule has 0 saturated carbocycles. The van der Waals surface area contributed by atoms with Crippen LogP contribution in [0.2, 0.25) is 0 Å². The van der Waals surface area contributed by atoms with Gasteiger partial charge in [-0.25, -0.2) is 0 Å². The number of nitrogens with zero attached hydrogens (tertiary/aromatic N) is 2. The molecule has 122 valence electrons. The van der Waals surface area contributed by atoms with Gasteiger partial charge in [0.15, 0.2) is 0 Å². The summed E-state index contributed by atoms with van der Waals surface area (Å²) in [5.74, 6) is 0. The molecule has 0 aromatic heterocycles. The van der Waals surface area contributed by atoms with Gasteiger partial charge in [0.05, 0.1) is 23.3 Å². The molecule has 2 aromatic carbocycles. The Bertz CT molecular complexity index is 644. The van der Waals surface area contributed by atoms with Crippen molar-refractivity contribution < 1.29 is 0 Å². The Kier molecular flexibility index (Phi) is 14.2. The van der Waals surface area contributed by atoms with Crippen LogP contribution in [0.25, 0.3) is 0 Å². The summed E-state index contributed by atoms with van der Waals surface area (Å²) in [6.07, 6.45) is 0. The fraction of sp³-hybridized carbons (Fsp3) is 0.333. The highest BCUT2D eigenvalue weighted by Crippen LogP contribution is 2.08. The Balaban J connectivity index is 0. The first-order valence-electron chi connectivity index (χ1n) is 8.01. The van der Waals surface area contributed by atoms with Crippen LogP contribution in [0.1, 0.15) is 55.5 Å². The van der Waals surface area contributed by atoms with Crippen molar-refractivity contribution in [2.45, 2.75) is 48.5 Å². The zero-order valence-corrected chi connectivity index (χ0v) is 15.4. The van der Waals surface area contributed by atoms with Crippen LogP contribution in [-0.2, 0) is 0 Å². The van der Waals surface area contributed by atoms with E-state index in [1.807, 2.05) is 84.9 Å². The van der Waals surface area contributed by atoms with Crippen LogP contribution in [-0.4, -0.2) is 0 Å². The van der Waals surface area contributed by atoms with Crippen molar-refractivity contribution >= 4 is 0 Å². The molecule has 0 aliphatic heterocycles. The molecule has 0 aliphatic rings. The second kappa shape index (κ2) is 14.4. The Labute approximate surface area is 142 Å². The molecular formula is C21H28N2. The smallest absolute Gasteiger partial charge is 0.0994 e. The van der Waals surface area contributed by atoms with E-state index in [4.69, 9.17) is 10.5 Å². The van der Waals surface area contributed by atoms with Crippen LogP contribution in [0.4, 0.5) is 0 Å². The minimum absolute atomic E-state index is 0.731. The average Bonchev–Trinajstić information content (AvgIpc) is 2.59.